The largest absolute Gasteiger partial charge is 0.301 e. The summed E-state index contributed by atoms with van der Waals surface area (Å²) in [6, 6.07) is 6.96. The Morgan fingerprint density at radius 3 is 2.48 bits per heavy atom. The van der Waals surface area contributed by atoms with Crippen LogP contribution >= 0.6 is 11.6 Å². The average molecular weight is 306 g/mol. The molecule has 1 aliphatic carbocycles. The van der Waals surface area contributed by atoms with Gasteiger partial charge in [-0.05, 0) is 60.6 Å². The van der Waals surface area contributed by atoms with Gasteiger partial charge in [-0.3, -0.25) is 0 Å². The van der Waals surface area contributed by atoms with Crippen molar-refractivity contribution >= 4 is 11.6 Å². The van der Waals surface area contributed by atoms with Crippen molar-refractivity contribution in [3.63, 3.8) is 0 Å². The molecule has 2 aliphatic rings. The SMILES string of the molecule is CC1CC(C)CN(CC(Cl)c2ccc3c(c2)CCCC3)C1. The van der Waals surface area contributed by atoms with Gasteiger partial charge < -0.3 is 4.90 Å². The maximum Gasteiger partial charge on any atom is 0.0712 e. The van der Waals surface area contributed by atoms with Gasteiger partial charge in [0, 0.05) is 19.6 Å². The highest BCUT2D eigenvalue weighted by molar-refractivity contribution is 6.21. The van der Waals surface area contributed by atoms with Gasteiger partial charge in [0.25, 0.3) is 0 Å². The maximum atomic E-state index is 6.74. The number of nitrogens with zero attached hydrogens (tertiary/aromatic N) is 1. The van der Waals surface area contributed by atoms with Crippen molar-refractivity contribution in [3.05, 3.63) is 34.9 Å². The number of piperidine rings is 1. The van der Waals surface area contributed by atoms with E-state index in [0.717, 1.165) is 18.4 Å². The van der Waals surface area contributed by atoms with E-state index in [1.54, 1.807) is 11.1 Å². The Kier molecular flexibility index (Phi) is 4.91. The van der Waals surface area contributed by atoms with E-state index in [1.165, 1.54) is 50.8 Å². The molecular weight excluding hydrogens is 278 g/mol. The van der Waals surface area contributed by atoms with Gasteiger partial charge in [0.15, 0.2) is 0 Å². The van der Waals surface area contributed by atoms with Crippen molar-refractivity contribution in [1.29, 1.82) is 0 Å². The number of rotatable bonds is 3. The first kappa shape index (κ1) is 15.4. The number of alkyl halides is 1. The molecule has 0 aromatic heterocycles. The summed E-state index contributed by atoms with van der Waals surface area (Å²) in [6.07, 6.45) is 6.54. The third kappa shape index (κ3) is 3.81. The topological polar surface area (TPSA) is 3.24 Å². The van der Waals surface area contributed by atoms with Gasteiger partial charge >= 0.3 is 0 Å². The van der Waals surface area contributed by atoms with Gasteiger partial charge in [0.05, 0.1) is 5.38 Å². The molecule has 1 aromatic rings. The normalized spacial score (nSPS) is 28.1. The first-order valence-electron chi connectivity index (χ1n) is 8.60. The Morgan fingerprint density at radius 2 is 1.76 bits per heavy atom. The molecule has 0 amide bonds. The summed E-state index contributed by atoms with van der Waals surface area (Å²) >= 11 is 6.74. The molecule has 0 radical (unpaired) electrons. The third-order valence-electron chi connectivity index (χ3n) is 5.10. The van der Waals surface area contributed by atoms with Crippen LogP contribution < -0.4 is 0 Å². The van der Waals surface area contributed by atoms with Gasteiger partial charge in [-0.2, -0.15) is 0 Å². The van der Waals surface area contributed by atoms with E-state index in [4.69, 9.17) is 11.6 Å². The lowest BCUT2D eigenvalue weighted by Crippen LogP contribution is -2.40. The van der Waals surface area contributed by atoms with Crippen LogP contribution in [0.25, 0.3) is 0 Å². The molecule has 3 rings (SSSR count). The third-order valence-corrected chi connectivity index (χ3v) is 5.49. The van der Waals surface area contributed by atoms with E-state index in [0.29, 0.717) is 0 Å². The highest BCUT2D eigenvalue weighted by Gasteiger charge is 2.24. The zero-order valence-electron chi connectivity index (χ0n) is 13.4. The minimum Gasteiger partial charge on any atom is -0.301 e. The first-order valence-corrected chi connectivity index (χ1v) is 9.03. The molecule has 1 aromatic carbocycles. The lowest BCUT2D eigenvalue weighted by molar-refractivity contribution is 0.141. The lowest BCUT2D eigenvalue weighted by Gasteiger charge is -2.36. The number of halogens is 1. The summed E-state index contributed by atoms with van der Waals surface area (Å²) < 4.78 is 0. The second-order valence-corrected chi connectivity index (χ2v) is 7.89. The molecule has 0 bridgehead atoms. The van der Waals surface area contributed by atoms with E-state index in [2.05, 4.69) is 36.9 Å². The van der Waals surface area contributed by atoms with Crippen LogP contribution in [0, 0.1) is 11.8 Å². The van der Waals surface area contributed by atoms with E-state index >= 15 is 0 Å². The summed E-state index contributed by atoms with van der Waals surface area (Å²) in [4.78, 5) is 2.57. The van der Waals surface area contributed by atoms with Gasteiger partial charge in [0.2, 0.25) is 0 Å². The highest BCUT2D eigenvalue weighted by Crippen LogP contribution is 2.30. The number of fused-ring (bicyclic) bond motifs is 1. The van der Waals surface area contributed by atoms with Gasteiger partial charge in [-0.15, -0.1) is 11.6 Å². The molecular formula is C19H28ClN. The van der Waals surface area contributed by atoms with Crippen molar-refractivity contribution < 1.29 is 0 Å². The van der Waals surface area contributed by atoms with Crippen LogP contribution in [0.3, 0.4) is 0 Å². The molecule has 1 fully saturated rings. The zero-order valence-corrected chi connectivity index (χ0v) is 14.2. The lowest BCUT2D eigenvalue weighted by atomic mass is 9.89. The monoisotopic (exact) mass is 305 g/mol. The molecule has 1 nitrogen and oxygen atoms in total. The van der Waals surface area contributed by atoms with Crippen LogP contribution in [-0.4, -0.2) is 24.5 Å². The summed E-state index contributed by atoms with van der Waals surface area (Å²) in [5.41, 5.74) is 4.42. The first-order chi connectivity index (χ1) is 10.1. The molecule has 0 saturated carbocycles. The predicted octanol–water partition coefficient (Wildman–Crippen LogP) is 4.82. The fraction of sp³-hybridized carbons (Fsp3) is 0.684. The molecule has 0 N–H and O–H groups in total. The van der Waals surface area contributed by atoms with Crippen LogP contribution in [0.4, 0.5) is 0 Å². The molecule has 1 saturated heterocycles. The number of hydrogen-bond acceptors (Lipinski definition) is 1. The Bertz CT molecular complexity index is 474. The van der Waals surface area contributed by atoms with Crippen molar-refractivity contribution in [3.8, 4) is 0 Å². The van der Waals surface area contributed by atoms with Crippen molar-refractivity contribution in [2.75, 3.05) is 19.6 Å². The van der Waals surface area contributed by atoms with Gasteiger partial charge in [0.1, 0.15) is 0 Å². The number of hydrogen-bond donors (Lipinski definition) is 0. The Morgan fingerprint density at radius 1 is 1.10 bits per heavy atom. The molecule has 3 unspecified atom stereocenters. The second kappa shape index (κ2) is 6.71. The molecule has 0 spiro atoms. The maximum absolute atomic E-state index is 6.74. The number of likely N-dealkylation sites (tertiary alicyclic amines) is 1. The Labute approximate surface area is 134 Å². The quantitative estimate of drug-likeness (QED) is 0.723. The van der Waals surface area contributed by atoms with Gasteiger partial charge in [-0.25, -0.2) is 0 Å². The van der Waals surface area contributed by atoms with Crippen molar-refractivity contribution in [2.45, 2.75) is 51.3 Å². The Balaban J connectivity index is 1.66. The molecule has 3 atom stereocenters. The summed E-state index contributed by atoms with van der Waals surface area (Å²) in [6.45, 7) is 8.14. The number of aryl methyl sites for hydroxylation is 2. The van der Waals surface area contributed by atoms with E-state index in [-0.39, 0.29) is 5.38 Å². The smallest absolute Gasteiger partial charge is 0.0712 e. The summed E-state index contributed by atoms with van der Waals surface area (Å²) in [7, 11) is 0. The predicted molar refractivity (Wildman–Crippen MR) is 91.1 cm³/mol. The van der Waals surface area contributed by atoms with Crippen LogP contribution in [0.2, 0.25) is 0 Å². The minimum absolute atomic E-state index is 0.134. The second-order valence-electron chi connectivity index (χ2n) is 7.37. The number of benzene rings is 1. The highest BCUT2D eigenvalue weighted by atomic mass is 35.5. The molecule has 1 aliphatic heterocycles. The zero-order chi connectivity index (χ0) is 14.8. The van der Waals surface area contributed by atoms with Crippen LogP contribution in [0.1, 0.15) is 55.2 Å². The molecule has 116 valence electrons. The van der Waals surface area contributed by atoms with E-state index < -0.39 is 0 Å². The van der Waals surface area contributed by atoms with Crippen LogP contribution in [0.15, 0.2) is 18.2 Å². The fourth-order valence-corrected chi connectivity index (χ4v) is 4.55. The fourth-order valence-electron chi connectivity index (χ4n) is 4.22. The van der Waals surface area contributed by atoms with Gasteiger partial charge in [-0.1, -0.05) is 32.0 Å². The van der Waals surface area contributed by atoms with Crippen molar-refractivity contribution in [1.82, 2.24) is 4.90 Å². The molecule has 2 heteroatoms. The van der Waals surface area contributed by atoms with Crippen LogP contribution in [0.5, 0.6) is 0 Å². The standard InChI is InChI=1S/C19H28ClN/c1-14-9-15(2)12-21(11-14)13-19(20)18-8-7-16-5-3-4-6-17(16)10-18/h7-8,10,14-15,19H,3-6,9,11-13H2,1-2H3. The van der Waals surface area contributed by atoms with E-state index in [1.807, 2.05) is 0 Å². The summed E-state index contributed by atoms with van der Waals surface area (Å²) in [5.74, 6) is 1.61. The molecule has 21 heavy (non-hydrogen) atoms. The van der Waals surface area contributed by atoms with E-state index in [9.17, 15) is 0 Å². The average Bonchev–Trinajstić information content (AvgIpc) is 2.45. The Hall–Kier alpha value is -0.530. The minimum atomic E-state index is 0.134. The van der Waals surface area contributed by atoms with Crippen LogP contribution in [-0.2, 0) is 12.8 Å². The summed E-state index contributed by atoms with van der Waals surface area (Å²) in [5, 5.41) is 0.134. The van der Waals surface area contributed by atoms with Crippen molar-refractivity contribution in [2.24, 2.45) is 11.8 Å². The molecule has 1 heterocycles.